The van der Waals surface area contributed by atoms with Gasteiger partial charge in [0.25, 0.3) is 0 Å². The lowest BCUT2D eigenvalue weighted by atomic mass is 10.1. The Morgan fingerprint density at radius 1 is 1.26 bits per heavy atom. The summed E-state index contributed by atoms with van der Waals surface area (Å²) in [6.07, 6.45) is 2.16. The molecule has 138 valence electrons. The lowest BCUT2D eigenvalue weighted by Gasteiger charge is -2.33. The van der Waals surface area contributed by atoms with Crippen molar-refractivity contribution >= 4 is 40.3 Å². The fourth-order valence-electron chi connectivity index (χ4n) is 3.42. The second-order valence-corrected chi connectivity index (χ2v) is 7.52. The Bertz CT molecular complexity index is 1010. The fourth-order valence-corrected chi connectivity index (χ4v) is 3.82. The molecular formula is C19H18Cl2N6. The monoisotopic (exact) mass is 400 g/mol. The number of nitrogens with zero attached hydrogens (tertiary/aromatic N) is 4. The predicted octanol–water partition coefficient (Wildman–Crippen LogP) is 3.89. The van der Waals surface area contributed by atoms with Crippen LogP contribution in [-0.2, 0) is 6.54 Å². The van der Waals surface area contributed by atoms with E-state index in [1.807, 2.05) is 18.2 Å². The Morgan fingerprint density at radius 2 is 2.15 bits per heavy atom. The largest absolute Gasteiger partial charge is 0.341 e. The Balaban J connectivity index is 1.43. The molecule has 0 saturated carbocycles. The summed E-state index contributed by atoms with van der Waals surface area (Å²) in [5, 5.41) is 13.7. The molecule has 0 amide bonds. The van der Waals surface area contributed by atoms with Gasteiger partial charge in [-0.1, -0.05) is 23.2 Å². The van der Waals surface area contributed by atoms with Crippen molar-refractivity contribution < 1.29 is 0 Å². The molecule has 2 N–H and O–H groups in total. The average Bonchev–Trinajstić information content (AvgIpc) is 3.09. The van der Waals surface area contributed by atoms with Gasteiger partial charge in [0.1, 0.15) is 5.15 Å². The SMILES string of the molecule is N#Cc1cc(Cl)cc(CN[C@H]2CCCN(c3nc4nc(Cl)ccc4[nH]3)C2)c1. The molecule has 1 atom stereocenters. The highest BCUT2D eigenvalue weighted by molar-refractivity contribution is 6.30. The molecule has 0 unspecified atom stereocenters. The number of aromatic amines is 1. The molecule has 2 aromatic heterocycles. The number of anilines is 1. The summed E-state index contributed by atoms with van der Waals surface area (Å²) in [6, 6.07) is 11.6. The second-order valence-electron chi connectivity index (χ2n) is 6.69. The molecule has 1 aliphatic rings. The summed E-state index contributed by atoms with van der Waals surface area (Å²) >= 11 is 12.0. The first-order valence-electron chi connectivity index (χ1n) is 8.81. The Labute approximate surface area is 167 Å². The van der Waals surface area contributed by atoms with Gasteiger partial charge in [0, 0.05) is 30.7 Å². The van der Waals surface area contributed by atoms with E-state index in [1.165, 1.54) is 0 Å². The zero-order valence-corrected chi connectivity index (χ0v) is 16.1. The van der Waals surface area contributed by atoms with Gasteiger partial charge in [0.2, 0.25) is 5.95 Å². The second kappa shape index (κ2) is 7.73. The number of imidazole rings is 1. The molecule has 8 heteroatoms. The van der Waals surface area contributed by atoms with Crippen molar-refractivity contribution in [3.63, 3.8) is 0 Å². The first-order chi connectivity index (χ1) is 13.1. The lowest BCUT2D eigenvalue weighted by Crippen LogP contribution is -2.45. The Hall–Kier alpha value is -2.33. The van der Waals surface area contributed by atoms with Gasteiger partial charge >= 0.3 is 0 Å². The summed E-state index contributed by atoms with van der Waals surface area (Å²) in [6.45, 7) is 2.46. The first-order valence-corrected chi connectivity index (χ1v) is 9.56. The molecule has 3 heterocycles. The lowest BCUT2D eigenvalue weighted by molar-refractivity contribution is 0.419. The van der Waals surface area contributed by atoms with Crippen molar-refractivity contribution in [2.24, 2.45) is 0 Å². The molecule has 0 radical (unpaired) electrons. The third kappa shape index (κ3) is 4.16. The van der Waals surface area contributed by atoms with Crippen LogP contribution in [0, 0.1) is 11.3 Å². The maximum absolute atomic E-state index is 9.08. The van der Waals surface area contributed by atoms with Crippen LogP contribution in [0.5, 0.6) is 0 Å². The van der Waals surface area contributed by atoms with E-state index in [1.54, 1.807) is 12.1 Å². The van der Waals surface area contributed by atoms with E-state index in [4.69, 9.17) is 28.5 Å². The number of hydrogen-bond acceptors (Lipinski definition) is 5. The van der Waals surface area contributed by atoms with E-state index in [0.29, 0.717) is 34.0 Å². The fraction of sp³-hybridized carbons (Fsp3) is 0.316. The number of hydrogen-bond donors (Lipinski definition) is 2. The molecule has 1 fully saturated rings. The minimum atomic E-state index is 0.327. The van der Waals surface area contributed by atoms with E-state index in [9.17, 15) is 0 Å². The van der Waals surface area contributed by atoms with E-state index >= 15 is 0 Å². The quantitative estimate of drug-likeness (QED) is 0.649. The molecule has 4 rings (SSSR count). The number of halogens is 2. The van der Waals surface area contributed by atoms with Crippen LogP contribution in [0.2, 0.25) is 10.2 Å². The summed E-state index contributed by atoms with van der Waals surface area (Å²) < 4.78 is 0. The zero-order valence-electron chi connectivity index (χ0n) is 14.5. The van der Waals surface area contributed by atoms with Crippen LogP contribution in [0.15, 0.2) is 30.3 Å². The van der Waals surface area contributed by atoms with Crippen LogP contribution in [0.25, 0.3) is 11.2 Å². The van der Waals surface area contributed by atoms with Crippen molar-refractivity contribution in [2.45, 2.75) is 25.4 Å². The maximum atomic E-state index is 9.08. The standard InChI is InChI=1S/C19H18Cl2N6/c20-14-7-12(9-22)6-13(8-14)10-23-15-2-1-5-27(11-15)19-24-16-3-4-17(21)25-18(16)26-19/h3-4,6-8,15,23H,1-2,5,10-11H2,(H,24,25,26)/t15-/m0/s1. The molecule has 1 saturated heterocycles. The van der Waals surface area contributed by atoms with Crippen molar-refractivity contribution in [1.82, 2.24) is 20.3 Å². The summed E-state index contributed by atoms with van der Waals surface area (Å²) in [5.41, 5.74) is 3.11. The van der Waals surface area contributed by atoms with E-state index in [2.05, 4.69) is 31.2 Å². The number of nitrogens with one attached hydrogen (secondary N) is 2. The van der Waals surface area contributed by atoms with E-state index in [0.717, 1.165) is 43.0 Å². The molecule has 27 heavy (non-hydrogen) atoms. The minimum absolute atomic E-state index is 0.327. The van der Waals surface area contributed by atoms with Gasteiger partial charge < -0.3 is 15.2 Å². The molecule has 0 aliphatic carbocycles. The Morgan fingerprint density at radius 3 is 3.00 bits per heavy atom. The van der Waals surface area contributed by atoms with Gasteiger partial charge in [0.05, 0.1) is 17.1 Å². The number of benzene rings is 1. The summed E-state index contributed by atoms with van der Waals surface area (Å²) in [4.78, 5) is 14.4. The number of H-pyrrole nitrogens is 1. The highest BCUT2D eigenvalue weighted by atomic mass is 35.5. The topological polar surface area (TPSA) is 80.6 Å². The maximum Gasteiger partial charge on any atom is 0.205 e. The van der Waals surface area contributed by atoms with Crippen LogP contribution in [-0.4, -0.2) is 34.1 Å². The number of fused-ring (bicyclic) bond motifs is 1. The summed E-state index contributed by atoms with van der Waals surface area (Å²) in [7, 11) is 0. The average molecular weight is 401 g/mol. The third-order valence-electron chi connectivity index (χ3n) is 4.70. The van der Waals surface area contributed by atoms with Gasteiger partial charge in [0.15, 0.2) is 5.65 Å². The number of aromatic nitrogens is 3. The smallest absolute Gasteiger partial charge is 0.205 e. The van der Waals surface area contributed by atoms with Gasteiger partial charge in [-0.05, 0) is 48.7 Å². The van der Waals surface area contributed by atoms with E-state index < -0.39 is 0 Å². The molecular weight excluding hydrogens is 383 g/mol. The van der Waals surface area contributed by atoms with Crippen molar-refractivity contribution in [3.8, 4) is 6.07 Å². The van der Waals surface area contributed by atoms with E-state index in [-0.39, 0.29) is 0 Å². The number of rotatable bonds is 4. The van der Waals surface area contributed by atoms with Crippen molar-refractivity contribution in [3.05, 3.63) is 51.6 Å². The zero-order chi connectivity index (χ0) is 18.8. The van der Waals surface area contributed by atoms with Crippen LogP contribution in [0.4, 0.5) is 5.95 Å². The van der Waals surface area contributed by atoms with Crippen LogP contribution >= 0.6 is 23.2 Å². The summed E-state index contributed by atoms with van der Waals surface area (Å²) in [5.74, 6) is 0.820. The molecule has 1 aromatic carbocycles. The van der Waals surface area contributed by atoms with Crippen molar-refractivity contribution in [2.75, 3.05) is 18.0 Å². The van der Waals surface area contributed by atoms with Crippen LogP contribution in [0.1, 0.15) is 24.0 Å². The highest BCUT2D eigenvalue weighted by Gasteiger charge is 2.22. The predicted molar refractivity (Wildman–Crippen MR) is 107 cm³/mol. The molecule has 0 bridgehead atoms. The molecule has 6 nitrogen and oxygen atoms in total. The third-order valence-corrected chi connectivity index (χ3v) is 5.13. The Kier molecular flexibility index (Phi) is 5.17. The van der Waals surface area contributed by atoms with Gasteiger partial charge in [-0.15, -0.1) is 0 Å². The first kappa shape index (κ1) is 18.1. The van der Waals surface area contributed by atoms with Crippen LogP contribution in [0.3, 0.4) is 0 Å². The normalized spacial score (nSPS) is 17.2. The number of nitriles is 1. The minimum Gasteiger partial charge on any atom is -0.341 e. The van der Waals surface area contributed by atoms with Crippen molar-refractivity contribution in [1.29, 1.82) is 5.26 Å². The highest BCUT2D eigenvalue weighted by Crippen LogP contribution is 2.22. The molecule has 0 spiro atoms. The van der Waals surface area contributed by atoms with Gasteiger partial charge in [-0.3, -0.25) is 0 Å². The van der Waals surface area contributed by atoms with Crippen LogP contribution < -0.4 is 10.2 Å². The number of pyridine rings is 1. The van der Waals surface area contributed by atoms with Gasteiger partial charge in [-0.25, -0.2) is 4.98 Å². The molecule has 1 aliphatic heterocycles. The van der Waals surface area contributed by atoms with Gasteiger partial charge in [-0.2, -0.15) is 10.2 Å². The number of piperidine rings is 1. The molecule has 3 aromatic rings.